The fourth-order valence-electron chi connectivity index (χ4n) is 3.07. The lowest BCUT2D eigenvalue weighted by Gasteiger charge is -2.23. The van der Waals surface area contributed by atoms with Gasteiger partial charge in [0.1, 0.15) is 17.6 Å². The molecule has 1 aliphatic rings. The van der Waals surface area contributed by atoms with Crippen molar-refractivity contribution >= 4 is 11.7 Å². The molecule has 144 valence electrons. The number of ether oxygens (including phenoxy) is 1. The fourth-order valence-corrected chi connectivity index (χ4v) is 3.07. The van der Waals surface area contributed by atoms with E-state index < -0.39 is 23.1 Å². The Morgan fingerprint density at radius 2 is 1.93 bits per heavy atom. The van der Waals surface area contributed by atoms with Crippen molar-refractivity contribution in [1.29, 1.82) is 0 Å². The van der Waals surface area contributed by atoms with Crippen LogP contribution in [0.5, 0.6) is 0 Å². The third-order valence-corrected chi connectivity index (χ3v) is 4.36. The van der Waals surface area contributed by atoms with Gasteiger partial charge in [-0.2, -0.15) is 13.2 Å². The highest BCUT2D eigenvalue weighted by molar-refractivity contribution is 5.89. The van der Waals surface area contributed by atoms with Gasteiger partial charge in [-0.25, -0.2) is 4.79 Å². The summed E-state index contributed by atoms with van der Waals surface area (Å²) in [5, 5.41) is 0. The zero-order chi connectivity index (χ0) is 19.6. The van der Waals surface area contributed by atoms with E-state index in [1.54, 1.807) is 11.8 Å². The zero-order valence-electron chi connectivity index (χ0n) is 14.6. The molecule has 2 heterocycles. The van der Waals surface area contributed by atoms with E-state index in [-0.39, 0.29) is 29.2 Å². The average molecular weight is 381 g/mol. The van der Waals surface area contributed by atoms with Crippen LogP contribution in [0.3, 0.4) is 0 Å². The smallest absolute Gasteiger partial charge is 0.418 e. The van der Waals surface area contributed by atoms with Crippen molar-refractivity contribution in [3.05, 3.63) is 51.9 Å². The van der Waals surface area contributed by atoms with E-state index in [0.29, 0.717) is 13.1 Å². The predicted octanol–water partition coefficient (Wildman–Crippen LogP) is 4.10. The van der Waals surface area contributed by atoms with E-state index in [2.05, 4.69) is 0 Å². The molecule has 1 fully saturated rings. The summed E-state index contributed by atoms with van der Waals surface area (Å²) in [5.41, 5.74) is -1.52. The second kappa shape index (κ2) is 7.46. The minimum absolute atomic E-state index is 0.0495. The first-order valence-electron chi connectivity index (χ1n) is 8.58. The van der Waals surface area contributed by atoms with E-state index in [1.807, 2.05) is 0 Å². The maximum Gasteiger partial charge on any atom is 0.418 e. The molecule has 1 aromatic carbocycles. The van der Waals surface area contributed by atoms with E-state index in [1.165, 1.54) is 12.1 Å². The summed E-state index contributed by atoms with van der Waals surface area (Å²) in [6.07, 6.45) is -1.93. The number of hydrogen-bond acceptors (Lipinski definition) is 5. The molecule has 0 bridgehead atoms. The molecule has 0 saturated carbocycles. The largest absolute Gasteiger partial charge is 0.463 e. The van der Waals surface area contributed by atoms with Crippen LogP contribution in [0.1, 0.15) is 35.7 Å². The van der Waals surface area contributed by atoms with Crippen LogP contribution in [-0.4, -0.2) is 25.7 Å². The zero-order valence-corrected chi connectivity index (χ0v) is 14.6. The quantitative estimate of drug-likeness (QED) is 0.747. The van der Waals surface area contributed by atoms with Crippen LogP contribution in [0.25, 0.3) is 11.3 Å². The third kappa shape index (κ3) is 3.99. The van der Waals surface area contributed by atoms with Crippen molar-refractivity contribution in [2.45, 2.75) is 25.9 Å². The monoisotopic (exact) mass is 381 g/mol. The first-order valence-corrected chi connectivity index (χ1v) is 8.58. The van der Waals surface area contributed by atoms with Gasteiger partial charge in [0.2, 0.25) is 0 Å². The van der Waals surface area contributed by atoms with Gasteiger partial charge in [-0.05, 0) is 38.0 Å². The molecule has 0 unspecified atom stereocenters. The van der Waals surface area contributed by atoms with Gasteiger partial charge in [0, 0.05) is 30.4 Å². The first kappa shape index (κ1) is 19.0. The van der Waals surface area contributed by atoms with Crippen molar-refractivity contribution in [1.82, 2.24) is 0 Å². The summed E-state index contributed by atoms with van der Waals surface area (Å²) in [7, 11) is 0. The highest BCUT2D eigenvalue weighted by atomic mass is 19.4. The molecule has 27 heavy (non-hydrogen) atoms. The lowest BCUT2D eigenvalue weighted by molar-refractivity contribution is -0.137. The highest BCUT2D eigenvalue weighted by Gasteiger charge is 2.36. The summed E-state index contributed by atoms with van der Waals surface area (Å²) in [6, 6.07) is 4.83. The molecule has 5 nitrogen and oxygen atoms in total. The van der Waals surface area contributed by atoms with Gasteiger partial charge < -0.3 is 14.1 Å². The van der Waals surface area contributed by atoms with Crippen molar-refractivity contribution in [3.63, 3.8) is 0 Å². The lowest BCUT2D eigenvalue weighted by atomic mass is 10.0. The Morgan fingerprint density at radius 1 is 1.22 bits per heavy atom. The number of esters is 1. The Bertz CT molecular complexity index is 899. The standard InChI is InChI=1S/C19H18F3NO4/c1-2-26-18(25)13-11-27-17(10-16(13)24)12-5-6-15(23-7-3-4-8-23)14(9-12)19(20,21)22/h5-6,9-11H,2-4,7-8H2,1H3. The molecular weight excluding hydrogens is 363 g/mol. The second-order valence-corrected chi connectivity index (χ2v) is 6.17. The molecule has 0 radical (unpaired) electrons. The van der Waals surface area contributed by atoms with Gasteiger partial charge >= 0.3 is 12.1 Å². The van der Waals surface area contributed by atoms with Crippen LogP contribution >= 0.6 is 0 Å². The molecule has 3 rings (SSSR count). The summed E-state index contributed by atoms with van der Waals surface area (Å²) in [4.78, 5) is 25.5. The number of carbonyl (C=O) groups excluding carboxylic acids is 1. The summed E-state index contributed by atoms with van der Waals surface area (Å²) < 4.78 is 50.6. The highest BCUT2D eigenvalue weighted by Crippen LogP contribution is 2.40. The molecular formula is C19H18F3NO4. The van der Waals surface area contributed by atoms with Gasteiger partial charge in [-0.1, -0.05) is 0 Å². The van der Waals surface area contributed by atoms with Crippen molar-refractivity contribution in [2.24, 2.45) is 0 Å². The molecule has 2 aromatic rings. The summed E-state index contributed by atoms with van der Waals surface area (Å²) in [5.74, 6) is -0.885. The molecule has 1 aliphatic heterocycles. The number of hydrogen-bond donors (Lipinski definition) is 0. The number of benzene rings is 1. The van der Waals surface area contributed by atoms with Crippen LogP contribution in [0, 0.1) is 0 Å². The number of anilines is 1. The van der Waals surface area contributed by atoms with Gasteiger partial charge in [0.15, 0.2) is 5.43 Å². The van der Waals surface area contributed by atoms with Gasteiger partial charge in [-0.15, -0.1) is 0 Å². The second-order valence-electron chi connectivity index (χ2n) is 6.17. The lowest BCUT2D eigenvalue weighted by Crippen LogP contribution is -2.22. The van der Waals surface area contributed by atoms with Crippen LogP contribution in [0.15, 0.2) is 39.7 Å². The molecule has 1 saturated heterocycles. The minimum atomic E-state index is -4.54. The van der Waals surface area contributed by atoms with E-state index >= 15 is 0 Å². The Balaban J connectivity index is 2.01. The minimum Gasteiger partial charge on any atom is -0.463 e. The third-order valence-electron chi connectivity index (χ3n) is 4.36. The number of rotatable bonds is 4. The Kier molecular flexibility index (Phi) is 5.25. The van der Waals surface area contributed by atoms with Crippen LogP contribution < -0.4 is 10.3 Å². The summed E-state index contributed by atoms with van der Waals surface area (Å²) in [6.45, 7) is 2.83. The Labute approximate surface area is 153 Å². The molecule has 0 aliphatic carbocycles. The average Bonchev–Trinajstić information content (AvgIpc) is 3.15. The summed E-state index contributed by atoms with van der Waals surface area (Å²) >= 11 is 0. The van der Waals surface area contributed by atoms with Gasteiger partial charge in [0.05, 0.1) is 12.2 Å². The Morgan fingerprint density at radius 3 is 2.52 bits per heavy atom. The van der Waals surface area contributed by atoms with E-state index in [9.17, 15) is 22.8 Å². The fraction of sp³-hybridized carbons (Fsp3) is 0.368. The SMILES string of the molecule is CCOC(=O)c1coc(-c2ccc(N3CCCC3)c(C(F)(F)F)c2)cc1=O. The molecule has 0 N–H and O–H groups in total. The van der Waals surface area contributed by atoms with Gasteiger partial charge in [-0.3, -0.25) is 4.79 Å². The number of nitrogens with zero attached hydrogens (tertiary/aromatic N) is 1. The Hall–Kier alpha value is -2.77. The van der Waals surface area contributed by atoms with Gasteiger partial charge in [0.25, 0.3) is 0 Å². The molecule has 0 atom stereocenters. The number of halogens is 3. The van der Waals surface area contributed by atoms with Crippen molar-refractivity contribution in [3.8, 4) is 11.3 Å². The maximum atomic E-state index is 13.6. The van der Waals surface area contributed by atoms with Crippen LogP contribution in [-0.2, 0) is 10.9 Å². The molecule has 0 amide bonds. The predicted molar refractivity (Wildman–Crippen MR) is 92.8 cm³/mol. The van der Waals surface area contributed by atoms with E-state index in [0.717, 1.165) is 31.2 Å². The molecule has 8 heteroatoms. The van der Waals surface area contributed by atoms with Crippen LogP contribution in [0.4, 0.5) is 18.9 Å². The van der Waals surface area contributed by atoms with Crippen molar-refractivity contribution in [2.75, 3.05) is 24.6 Å². The normalized spacial score (nSPS) is 14.4. The maximum absolute atomic E-state index is 13.6. The first-order chi connectivity index (χ1) is 12.8. The molecule has 1 aromatic heterocycles. The number of alkyl halides is 3. The van der Waals surface area contributed by atoms with Crippen molar-refractivity contribution < 1.29 is 27.1 Å². The topological polar surface area (TPSA) is 59.8 Å². The van der Waals surface area contributed by atoms with Crippen LogP contribution in [0.2, 0.25) is 0 Å². The molecule has 0 spiro atoms. The van der Waals surface area contributed by atoms with E-state index in [4.69, 9.17) is 9.15 Å². The number of carbonyl (C=O) groups is 1.